The molecule has 0 bridgehead atoms. The largest absolute Gasteiger partial charge is 0.147 e. The third-order valence-corrected chi connectivity index (χ3v) is 1.38. The second kappa shape index (κ2) is 5.56. The fourth-order valence-corrected chi connectivity index (χ4v) is 0.793. The van der Waals surface area contributed by atoms with Gasteiger partial charge in [0.05, 0.1) is 0 Å². The lowest BCUT2D eigenvalue weighted by molar-refractivity contribution is 1.09. The van der Waals surface area contributed by atoms with Crippen molar-refractivity contribution in [1.82, 2.24) is 10.2 Å². The Kier molecular flexibility index (Phi) is 3.98. The van der Waals surface area contributed by atoms with E-state index >= 15 is 0 Å². The molecule has 56 valence electrons. The fourth-order valence-electron chi connectivity index (χ4n) is 0.521. The number of nitrogens with zero attached hydrogens (tertiary/aromatic N) is 2. The molecule has 0 N–H and O–H groups in total. The van der Waals surface area contributed by atoms with Gasteiger partial charge in [0.1, 0.15) is 11.0 Å². The molecule has 11 heavy (non-hydrogen) atoms. The van der Waals surface area contributed by atoms with Gasteiger partial charge in [-0.25, -0.2) is 0 Å². The molecule has 1 aromatic heterocycles. The van der Waals surface area contributed by atoms with Crippen LogP contribution in [-0.4, -0.2) is 10.2 Å². The predicted molar refractivity (Wildman–Crippen MR) is 46.4 cm³/mol. The summed E-state index contributed by atoms with van der Waals surface area (Å²) in [6.07, 6.45) is 0. The van der Waals surface area contributed by atoms with Crippen LogP contribution in [-0.2, 0) is 0 Å². The topological polar surface area (TPSA) is 25.8 Å². The van der Waals surface area contributed by atoms with Crippen LogP contribution in [0.15, 0.2) is 47.4 Å². The Morgan fingerprint density at radius 2 is 1.00 bits per heavy atom. The quantitative estimate of drug-likeness (QED) is 0.596. The zero-order valence-corrected chi connectivity index (χ0v) is 6.74. The molecular weight excluding hydrogens is 156 g/mol. The maximum atomic E-state index is 3.49. The van der Waals surface area contributed by atoms with Crippen LogP contribution < -0.4 is 0 Å². The van der Waals surface area contributed by atoms with E-state index in [0.717, 1.165) is 0 Å². The minimum atomic E-state index is 1.49. The molecule has 0 fully saturated rings. The van der Waals surface area contributed by atoms with Crippen molar-refractivity contribution in [1.29, 1.82) is 0 Å². The van der Waals surface area contributed by atoms with Crippen LogP contribution >= 0.6 is 11.3 Å². The van der Waals surface area contributed by atoms with Gasteiger partial charge in [0.15, 0.2) is 0 Å². The maximum absolute atomic E-state index is 3.49. The first kappa shape index (κ1) is 7.88. The summed E-state index contributed by atoms with van der Waals surface area (Å²) in [5, 5.41) is 6.98. The molecule has 0 aliphatic rings. The van der Waals surface area contributed by atoms with Crippen LogP contribution in [0.5, 0.6) is 0 Å². The average molecular weight is 164 g/mol. The number of benzene rings is 1. The van der Waals surface area contributed by atoms with Gasteiger partial charge < -0.3 is 0 Å². The zero-order valence-electron chi connectivity index (χ0n) is 5.92. The SMILES string of the molecule is c1ccccc1.c1nncs1. The highest BCUT2D eigenvalue weighted by Crippen LogP contribution is 1.80. The summed E-state index contributed by atoms with van der Waals surface area (Å²) in [4.78, 5) is 0. The van der Waals surface area contributed by atoms with Crippen LogP contribution in [0.25, 0.3) is 0 Å². The molecule has 3 heteroatoms. The second-order valence-corrected chi connectivity index (χ2v) is 2.43. The first-order chi connectivity index (χ1) is 5.50. The van der Waals surface area contributed by atoms with Gasteiger partial charge in [0, 0.05) is 0 Å². The van der Waals surface area contributed by atoms with E-state index in [1.807, 2.05) is 36.4 Å². The van der Waals surface area contributed by atoms with E-state index in [1.165, 1.54) is 11.3 Å². The number of rotatable bonds is 0. The van der Waals surface area contributed by atoms with E-state index in [9.17, 15) is 0 Å². The minimum absolute atomic E-state index is 1.49. The Balaban J connectivity index is 0.000000112. The van der Waals surface area contributed by atoms with Crippen molar-refractivity contribution in [3.8, 4) is 0 Å². The molecular formula is C8H8N2S. The maximum Gasteiger partial charge on any atom is 0.103 e. The summed E-state index contributed by atoms with van der Waals surface area (Å²) < 4.78 is 0. The van der Waals surface area contributed by atoms with Crippen molar-refractivity contribution in [2.45, 2.75) is 0 Å². The molecule has 0 saturated carbocycles. The average Bonchev–Trinajstić information content (AvgIpc) is 2.64. The second-order valence-electron chi connectivity index (χ2n) is 1.73. The van der Waals surface area contributed by atoms with E-state index in [-0.39, 0.29) is 0 Å². The highest BCUT2D eigenvalue weighted by Gasteiger charge is 1.60. The third kappa shape index (κ3) is 4.22. The van der Waals surface area contributed by atoms with Gasteiger partial charge in [-0.3, -0.25) is 0 Å². The lowest BCUT2D eigenvalue weighted by Crippen LogP contribution is -1.53. The number of aromatic nitrogens is 2. The van der Waals surface area contributed by atoms with E-state index in [1.54, 1.807) is 11.0 Å². The molecule has 2 aromatic rings. The molecule has 0 spiro atoms. The summed E-state index contributed by atoms with van der Waals surface area (Å²) in [5.41, 5.74) is 3.36. The van der Waals surface area contributed by atoms with Gasteiger partial charge in [0.2, 0.25) is 0 Å². The van der Waals surface area contributed by atoms with Gasteiger partial charge in [-0.2, -0.15) is 0 Å². The van der Waals surface area contributed by atoms with Gasteiger partial charge in [-0.15, -0.1) is 21.5 Å². The van der Waals surface area contributed by atoms with Gasteiger partial charge >= 0.3 is 0 Å². The molecule has 0 atom stereocenters. The molecule has 0 amide bonds. The molecule has 2 nitrogen and oxygen atoms in total. The molecule has 0 saturated heterocycles. The molecule has 2 rings (SSSR count). The molecule has 1 aromatic carbocycles. The van der Waals surface area contributed by atoms with Crippen LogP contribution in [0.3, 0.4) is 0 Å². The minimum Gasteiger partial charge on any atom is -0.147 e. The van der Waals surface area contributed by atoms with E-state index in [4.69, 9.17) is 0 Å². The highest BCUT2D eigenvalue weighted by molar-refractivity contribution is 7.07. The molecule has 0 aliphatic carbocycles. The van der Waals surface area contributed by atoms with Crippen LogP contribution in [0.2, 0.25) is 0 Å². The molecule has 1 heterocycles. The van der Waals surface area contributed by atoms with E-state index < -0.39 is 0 Å². The lowest BCUT2D eigenvalue weighted by atomic mass is 10.4. The standard InChI is InChI=1S/C6H6.C2H2N2S/c1-2-4-6-5-3-1;1-3-4-2-5-1/h1-6H;1-2H. The Morgan fingerprint density at radius 3 is 1.18 bits per heavy atom. The summed E-state index contributed by atoms with van der Waals surface area (Å²) >= 11 is 1.49. The normalized spacial score (nSPS) is 8.00. The smallest absolute Gasteiger partial charge is 0.103 e. The van der Waals surface area contributed by atoms with Gasteiger partial charge in [-0.05, 0) is 0 Å². The molecule has 0 radical (unpaired) electrons. The monoisotopic (exact) mass is 164 g/mol. The van der Waals surface area contributed by atoms with E-state index in [2.05, 4.69) is 10.2 Å². The molecule has 0 aliphatic heterocycles. The summed E-state index contributed by atoms with van der Waals surface area (Å²) in [6.45, 7) is 0. The van der Waals surface area contributed by atoms with Crippen LogP contribution in [0.4, 0.5) is 0 Å². The first-order valence-corrected chi connectivity index (χ1v) is 4.13. The highest BCUT2D eigenvalue weighted by atomic mass is 32.1. The summed E-state index contributed by atoms with van der Waals surface area (Å²) in [5.74, 6) is 0. The van der Waals surface area contributed by atoms with Crippen LogP contribution in [0.1, 0.15) is 0 Å². The Bertz CT molecular complexity index is 198. The third-order valence-electron chi connectivity index (χ3n) is 0.949. The van der Waals surface area contributed by atoms with Crippen molar-refractivity contribution in [3.63, 3.8) is 0 Å². The lowest BCUT2D eigenvalue weighted by Gasteiger charge is -1.69. The predicted octanol–water partition coefficient (Wildman–Crippen LogP) is 2.22. The Morgan fingerprint density at radius 1 is 0.636 bits per heavy atom. The van der Waals surface area contributed by atoms with Crippen molar-refractivity contribution in [2.75, 3.05) is 0 Å². The van der Waals surface area contributed by atoms with E-state index in [0.29, 0.717) is 0 Å². The number of hydrogen-bond donors (Lipinski definition) is 0. The Hall–Kier alpha value is -1.22. The van der Waals surface area contributed by atoms with Crippen molar-refractivity contribution < 1.29 is 0 Å². The van der Waals surface area contributed by atoms with Gasteiger partial charge in [0.25, 0.3) is 0 Å². The Labute approximate surface area is 69.5 Å². The van der Waals surface area contributed by atoms with Crippen molar-refractivity contribution in [3.05, 3.63) is 47.4 Å². The fraction of sp³-hybridized carbons (Fsp3) is 0. The van der Waals surface area contributed by atoms with Crippen molar-refractivity contribution >= 4 is 11.3 Å². The summed E-state index contributed by atoms with van der Waals surface area (Å²) in [7, 11) is 0. The number of hydrogen-bond acceptors (Lipinski definition) is 3. The van der Waals surface area contributed by atoms with Crippen LogP contribution in [0, 0.1) is 0 Å². The van der Waals surface area contributed by atoms with Gasteiger partial charge in [-0.1, -0.05) is 36.4 Å². The zero-order chi connectivity index (χ0) is 7.78. The molecule has 0 unspecified atom stereocenters. The van der Waals surface area contributed by atoms with Crippen molar-refractivity contribution in [2.24, 2.45) is 0 Å². The first-order valence-electron chi connectivity index (χ1n) is 3.19. The summed E-state index contributed by atoms with van der Waals surface area (Å²) in [6, 6.07) is 12.0.